The summed E-state index contributed by atoms with van der Waals surface area (Å²) in [4.78, 5) is 12.5. The average molecular weight is 352 g/mol. The highest BCUT2D eigenvalue weighted by Crippen LogP contribution is 2.25. The van der Waals surface area contributed by atoms with Crippen LogP contribution in [0.4, 0.5) is 17.7 Å². The highest BCUT2D eigenvalue weighted by molar-refractivity contribution is 6.17. The molecule has 1 aromatic carbocycles. The Hall–Kier alpha value is -3.20. The van der Waals surface area contributed by atoms with Gasteiger partial charge < -0.3 is 26.5 Å². The molecule has 0 saturated carbocycles. The molecular formula is C17H20N8O. The van der Waals surface area contributed by atoms with Gasteiger partial charge in [-0.15, -0.1) is 0 Å². The van der Waals surface area contributed by atoms with E-state index < -0.39 is 0 Å². The third kappa shape index (κ3) is 3.04. The number of nitrogen functional groups attached to an aromatic ring is 2. The summed E-state index contributed by atoms with van der Waals surface area (Å²) < 4.78 is 5.28. The number of nitrogens with two attached hydrogens (primary N) is 2. The van der Waals surface area contributed by atoms with Crippen LogP contribution < -0.4 is 22.1 Å². The summed E-state index contributed by atoms with van der Waals surface area (Å²) in [6, 6.07) is 5.35. The predicted octanol–water partition coefficient (Wildman–Crippen LogP) is 1.22. The van der Waals surface area contributed by atoms with Crippen molar-refractivity contribution in [3.05, 3.63) is 35.7 Å². The van der Waals surface area contributed by atoms with Crippen molar-refractivity contribution in [3.63, 3.8) is 0 Å². The minimum Gasteiger partial charge on any atom is -0.424 e. The number of hydrogen-bond donors (Lipinski definition) is 5. The number of rotatable bonds is 5. The molecule has 9 heteroatoms. The molecule has 0 radical (unpaired) electrons. The first-order chi connectivity index (χ1) is 12.6. The normalized spacial score (nSPS) is 16.8. The topological polar surface area (TPSA) is 152 Å². The van der Waals surface area contributed by atoms with E-state index in [-0.39, 0.29) is 17.5 Å². The third-order valence-electron chi connectivity index (χ3n) is 4.54. The van der Waals surface area contributed by atoms with Crippen LogP contribution in [0.15, 0.2) is 28.9 Å². The Morgan fingerprint density at radius 3 is 3.04 bits per heavy atom. The number of hydrogen-bond acceptors (Lipinski definition) is 9. The van der Waals surface area contributed by atoms with E-state index in [1.54, 1.807) is 18.2 Å². The monoisotopic (exact) mass is 352 g/mol. The van der Waals surface area contributed by atoms with Crippen molar-refractivity contribution in [2.45, 2.75) is 6.42 Å². The Kier molecular flexibility index (Phi) is 4.13. The van der Waals surface area contributed by atoms with E-state index in [1.165, 1.54) is 6.33 Å². The van der Waals surface area contributed by atoms with E-state index in [0.29, 0.717) is 34.0 Å². The molecule has 2 aromatic heterocycles. The fraction of sp³-hybridized carbons (Fsp3) is 0.294. The zero-order valence-corrected chi connectivity index (χ0v) is 14.1. The fourth-order valence-corrected chi connectivity index (χ4v) is 3.15. The largest absolute Gasteiger partial charge is 0.424 e. The minimum atomic E-state index is 0.0961. The van der Waals surface area contributed by atoms with Crippen LogP contribution in [0.5, 0.6) is 0 Å². The molecule has 0 aliphatic carbocycles. The molecule has 0 amide bonds. The zero-order valence-electron chi connectivity index (χ0n) is 14.1. The summed E-state index contributed by atoms with van der Waals surface area (Å²) in [5.74, 6) is 1.36. The molecule has 9 nitrogen and oxygen atoms in total. The van der Waals surface area contributed by atoms with E-state index in [9.17, 15) is 0 Å². The van der Waals surface area contributed by atoms with Crippen LogP contribution in [0.2, 0.25) is 0 Å². The van der Waals surface area contributed by atoms with Crippen LogP contribution in [0.25, 0.3) is 11.1 Å². The summed E-state index contributed by atoms with van der Waals surface area (Å²) in [7, 11) is 0. The summed E-state index contributed by atoms with van der Waals surface area (Å²) in [6.07, 6.45) is 2.52. The van der Waals surface area contributed by atoms with Crippen molar-refractivity contribution in [2.75, 3.05) is 36.4 Å². The van der Waals surface area contributed by atoms with Crippen molar-refractivity contribution in [3.8, 4) is 0 Å². The lowest BCUT2D eigenvalue weighted by molar-refractivity contribution is 0.614. The Labute approximate surface area is 149 Å². The standard InChI is InChI=1S/C17H20N8O/c18-14(10-1-2-12-11(5-10)25-17(20)26-12)13-15(19)23-8-24-16(13)22-7-9-3-4-21-6-9/h1-2,5,8-9,18,21H,3-4,6-7H2,(H2,20,25)(H3,19,22,23,24). The van der Waals surface area contributed by atoms with Crippen LogP contribution in [0, 0.1) is 11.3 Å². The van der Waals surface area contributed by atoms with Crippen molar-refractivity contribution in [1.82, 2.24) is 20.3 Å². The van der Waals surface area contributed by atoms with Gasteiger partial charge in [0.25, 0.3) is 6.01 Å². The van der Waals surface area contributed by atoms with Gasteiger partial charge in [-0.2, -0.15) is 4.98 Å². The molecule has 26 heavy (non-hydrogen) atoms. The van der Waals surface area contributed by atoms with Gasteiger partial charge in [-0.1, -0.05) is 0 Å². The first kappa shape index (κ1) is 16.3. The molecule has 4 rings (SSSR count). The van der Waals surface area contributed by atoms with Crippen molar-refractivity contribution >= 4 is 34.5 Å². The maximum absolute atomic E-state index is 8.62. The summed E-state index contributed by atoms with van der Waals surface area (Å²) in [5, 5.41) is 15.3. The molecule has 0 spiro atoms. The lowest BCUT2D eigenvalue weighted by atomic mass is 10.0. The van der Waals surface area contributed by atoms with Gasteiger partial charge in [-0.3, -0.25) is 5.41 Å². The quantitative estimate of drug-likeness (QED) is 0.430. The van der Waals surface area contributed by atoms with Crippen molar-refractivity contribution in [2.24, 2.45) is 5.92 Å². The molecule has 134 valence electrons. The Morgan fingerprint density at radius 2 is 2.23 bits per heavy atom. The van der Waals surface area contributed by atoms with E-state index in [1.807, 2.05) is 0 Å². The average Bonchev–Trinajstić information content (AvgIpc) is 3.27. The number of anilines is 3. The Bertz CT molecular complexity index is 961. The highest BCUT2D eigenvalue weighted by atomic mass is 16.4. The molecular weight excluding hydrogens is 332 g/mol. The second-order valence-electron chi connectivity index (χ2n) is 6.33. The maximum Gasteiger partial charge on any atom is 0.292 e. The molecule has 1 aliphatic heterocycles. The van der Waals surface area contributed by atoms with Crippen LogP contribution in [0.3, 0.4) is 0 Å². The molecule has 1 atom stereocenters. The number of benzene rings is 1. The first-order valence-corrected chi connectivity index (χ1v) is 8.42. The van der Waals surface area contributed by atoms with Gasteiger partial charge in [-0.25, -0.2) is 9.97 Å². The number of oxazole rings is 1. The molecule has 1 fully saturated rings. The fourth-order valence-electron chi connectivity index (χ4n) is 3.15. The molecule has 1 saturated heterocycles. The molecule has 7 N–H and O–H groups in total. The smallest absolute Gasteiger partial charge is 0.292 e. The van der Waals surface area contributed by atoms with E-state index >= 15 is 0 Å². The molecule has 1 aliphatic rings. The molecule has 3 heterocycles. The van der Waals surface area contributed by atoms with Crippen LogP contribution in [-0.2, 0) is 0 Å². The van der Waals surface area contributed by atoms with Gasteiger partial charge >= 0.3 is 0 Å². The number of nitrogens with one attached hydrogen (secondary N) is 3. The van der Waals surface area contributed by atoms with Crippen LogP contribution in [0.1, 0.15) is 17.5 Å². The van der Waals surface area contributed by atoms with Gasteiger partial charge in [0.05, 0.1) is 11.3 Å². The van der Waals surface area contributed by atoms with Crippen molar-refractivity contribution < 1.29 is 4.42 Å². The lowest BCUT2D eigenvalue weighted by Gasteiger charge is -2.15. The Morgan fingerprint density at radius 1 is 1.35 bits per heavy atom. The van der Waals surface area contributed by atoms with Gasteiger partial charge in [0, 0.05) is 12.1 Å². The van der Waals surface area contributed by atoms with Crippen molar-refractivity contribution in [1.29, 1.82) is 5.41 Å². The highest BCUT2D eigenvalue weighted by Gasteiger charge is 2.19. The van der Waals surface area contributed by atoms with E-state index in [2.05, 4.69) is 25.6 Å². The minimum absolute atomic E-state index is 0.0961. The lowest BCUT2D eigenvalue weighted by Crippen LogP contribution is -2.20. The molecule has 1 unspecified atom stereocenters. The summed E-state index contributed by atoms with van der Waals surface area (Å²) in [6.45, 7) is 2.77. The maximum atomic E-state index is 8.62. The SMILES string of the molecule is N=C(c1ccc2oc(N)nc2c1)c1c(N)ncnc1NCC1CCNC1. The third-order valence-corrected chi connectivity index (χ3v) is 4.54. The predicted molar refractivity (Wildman–Crippen MR) is 100 cm³/mol. The summed E-state index contributed by atoms with van der Waals surface area (Å²) >= 11 is 0. The zero-order chi connectivity index (χ0) is 18.1. The summed E-state index contributed by atoms with van der Waals surface area (Å²) in [5.41, 5.74) is 14.2. The Balaban J connectivity index is 1.65. The van der Waals surface area contributed by atoms with E-state index in [4.69, 9.17) is 21.3 Å². The van der Waals surface area contributed by atoms with Gasteiger partial charge in [0.1, 0.15) is 23.5 Å². The number of fused-ring (bicyclic) bond motifs is 1. The molecule has 3 aromatic rings. The van der Waals surface area contributed by atoms with Gasteiger partial charge in [0.15, 0.2) is 5.58 Å². The van der Waals surface area contributed by atoms with Gasteiger partial charge in [0.2, 0.25) is 0 Å². The van der Waals surface area contributed by atoms with Gasteiger partial charge in [-0.05, 0) is 43.6 Å². The van der Waals surface area contributed by atoms with Crippen LogP contribution >= 0.6 is 0 Å². The molecule has 0 bridgehead atoms. The van der Waals surface area contributed by atoms with E-state index in [0.717, 1.165) is 26.1 Å². The number of nitrogens with zero attached hydrogens (tertiary/aromatic N) is 3. The van der Waals surface area contributed by atoms with Crippen LogP contribution in [-0.4, -0.2) is 40.3 Å². The second-order valence-corrected chi connectivity index (χ2v) is 6.33. The number of aromatic nitrogens is 3. The second kappa shape index (κ2) is 6.60. The first-order valence-electron chi connectivity index (χ1n) is 8.42.